The first kappa shape index (κ1) is 15.0. The summed E-state index contributed by atoms with van der Waals surface area (Å²) >= 11 is 1.06. The van der Waals surface area contributed by atoms with Crippen molar-refractivity contribution >= 4 is 23.2 Å². The normalized spacial score (nSPS) is 17.2. The number of rotatable bonds is 3. The zero-order valence-electron chi connectivity index (χ0n) is 11.8. The van der Waals surface area contributed by atoms with Gasteiger partial charge < -0.3 is 10.0 Å². The molecule has 20 heavy (non-hydrogen) atoms. The number of thiophene rings is 1. The summed E-state index contributed by atoms with van der Waals surface area (Å²) in [4.78, 5) is 25.8. The maximum Gasteiger partial charge on any atom is 0.345 e. The summed E-state index contributed by atoms with van der Waals surface area (Å²) in [6.07, 6.45) is 8.26. The summed E-state index contributed by atoms with van der Waals surface area (Å²) in [5.74, 6) is -1.02. The molecule has 1 amide bonds. The van der Waals surface area contributed by atoms with Gasteiger partial charge in [0.15, 0.2) is 0 Å². The van der Waals surface area contributed by atoms with E-state index in [2.05, 4.69) is 0 Å². The van der Waals surface area contributed by atoms with E-state index in [9.17, 15) is 9.59 Å². The number of carboxylic acids is 1. The zero-order chi connectivity index (χ0) is 14.5. The number of hydrogen-bond acceptors (Lipinski definition) is 3. The maximum absolute atomic E-state index is 12.4. The number of aromatic carboxylic acids is 1. The third-order valence-corrected chi connectivity index (χ3v) is 5.03. The van der Waals surface area contributed by atoms with Crippen LogP contribution in [0.1, 0.15) is 64.3 Å². The molecule has 0 bridgehead atoms. The minimum atomic E-state index is -0.970. The van der Waals surface area contributed by atoms with Crippen LogP contribution in [0.15, 0.2) is 12.1 Å². The third kappa shape index (κ3) is 3.60. The molecule has 1 saturated carbocycles. The fraction of sp³-hybridized carbons (Fsp3) is 0.600. The molecule has 1 aromatic heterocycles. The van der Waals surface area contributed by atoms with Gasteiger partial charge in [-0.1, -0.05) is 32.1 Å². The molecule has 0 saturated heterocycles. The number of nitrogens with zero attached hydrogens (tertiary/aromatic N) is 1. The lowest BCUT2D eigenvalue weighted by Gasteiger charge is -2.29. The first-order chi connectivity index (χ1) is 9.59. The summed E-state index contributed by atoms with van der Waals surface area (Å²) in [6.45, 7) is 0. The molecule has 1 aromatic rings. The monoisotopic (exact) mass is 295 g/mol. The van der Waals surface area contributed by atoms with Gasteiger partial charge in [-0.3, -0.25) is 4.79 Å². The van der Waals surface area contributed by atoms with Gasteiger partial charge in [0, 0.05) is 13.1 Å². The van der Waals surface area contributed by atoms with Crippen molar-refractivity contribution in [1.82, 2.24) is 4.90 Å². The van der Waals surface area contributed by atoms with Crippen LogP contribution in [0, 0.1) is 0 Å². The Morgan fingerprint density at radius 3 is 2.20 bits per heavy atom. The second kappa shape index (κ2) is 6.88. The van der Waals surface area contributed by atoms with Gasteiger partial charge in [-0.25, -0.2) is 4.79 Å². The standard InChI is InChI=1S/C15H21NO3S/c1-16(11-7-5-3-2-4-6-8-11)14(17)12-9-10-13(20-12)15(18)19/h9-11H,2-8H2,1H3,(H,18,19). The van der Waals surface area contributed by atoms with Crippen molar-refractivity contribution in [3.05, 3.63) is 21.9 Å². The molecule has 1 fully saturated rings. The Labute approximate surface area is 123 Å². The van der Waals surface area contributed by atoms with Gasteiger partial charge in [-0.05, 0) is 25.0 Å². The van der Waals surface area contributed by atoms with E-state index >= 15 is 0 Å². The molecule has 1 heterocycles. The summed E-state index contributed by atoms with van der Waals surface area (Å²) in [7, 11) is 1.84. The number of hydrogen-bond donors (Lipinski definition) is 1. The van der Waals surface area contributed by atoms with Gasteiger partial charge in [0.25, 0.3) is 5.91 Å². The van der Waals surface area contributed by atoms with Crippen LogP contribution in [0.2, 0.25) is 0 Å². The molecule has 0 unspecified atom stereocenters. The highest BCUT2D eigenvalue weighted by atomic mass is 32.1. The highest BCUT2D eigenvalue weighted by Gasteiger charge is 2.23. The molecule has 0 radical (unpaired) electrons. The molecular weight excluding hydrogens is 274 g/mol. The zero-order valence-corrected chi connectivity index (χ0v) is 12.6. The van der Waals surface area contributed by atoms with Crippen LogP contribution in [-0.4, -0.2) is 35.0 Å². The van der Waals surface area contributed by atoms with Gasteiger partial charge in [-0.2, -0.15) is 0 Å². The topological polar surface area (TPSA) is 57.6 Å². The van der Waals surface area contributed by atoms with Crippen LogP contribution in [0.4, 0.5) is 0 Å². The molecular formula is C15H21NO3S. The Morgan fingerprint density at radius 2 is 1.65 bits per heavy atom. The Balaban J connectivity index is 2.04. The first-order valence-corrected chi connectivity index (χ1v) is 8.01. The minimum Gasteiger partial charge on any atom is -0.477 e. The second-order valence-electron chi connectivity index (χ2n) is 5.38. The van der Waals surface area contributed by atoms with Gasteiger partial charge in [0.1, 0.15) is 4.88 Å². The van der Waals surface area contributed by atoms with Crippen molar-refractivity contribution in [2.45, 2.75) is 51.0 Å². The fourth-order valence-corrected chi connectivity index (χ4v) is 3.56. The van der Waals surface area contributed by atoms with Crippen molar-refractivity contribution in [3.63, 3.8) is 0 Å². The lowest BCUT2D eigenvalue weighted by Crippen LogP contribution is -2.37. The molecule has 1 aliphatic carbocycles. The first-order valence-electron chi connectivity index (χ1n) is 7.20. The lowest BCUT2D eigenvalue weighted by atomic mass is 9.96. The Morgan fingerprint density at radius 1 is 1.10 bits per heavy atom. The predicted octanol–water partition coefficient (Wildman–Crippen LogP) is 3.63. The molecule has 2 rings (SSSR count). The quantitative estimate of drug-likeness (QED) is 0.926. The maximum atomic E-state index is 12.4. The van der Waals surface area contributed by atoms with Crippen LogP contribution >= 0.6 is 11.3 Å². The Bertz CT molecular complexity index is 475. The summed E-state index contributed by atoms with van der Waals surface area (Å²) < 4.78 is 0. The highest BCUT2D eigenvalue weighted by molar-refractivity contribution is 7.15. The van der Waals surface area contributed by atoms with E-state index in [1.54, 1.807) is 6.07 Å². The second-order valence-corrected chi connectivity index (χ2v) is 6.47. The number of carbonyl (C=O) groups excluding carboxylic acids is 1. The molecule has 0 spiro atoms. The van der Waals surface area contributed by atoms with Crippen LogP contribution < -0.4 is 0 Å². The van der Waals surface area contributed by atoms with Gasteiger partial charge in [-0.15, -0.1) is 11.3 Å². The third-order valence-electron chi connectivity index (χ3n) is 3.97. The smallest absolute Gasteiger partial charge is 0.345 e. The number of amides is 1. The average molecular weight is 295 g/mol. The van der Waals surface area contributed by atoms with Crippen LogP contribution in [0.25, 0.3) is 0 Å². The van der Waals surface area contributed by atoms with Gasteiger partial charge in [0.2, 0.25) is 0 Å². The van der Waals surface area contributed by atoms with Gasteiger partial charge in [0.05, 0.1) is 4.88 Å². The molecule has 1 aliphatic rings. The van der Waals surface area contributed by atoms with E-state index in [1.165, 1.54) is 38.2 Å². The van der Waals surface area contributed by atoms with Crippen LogP contribution in [-0.2, 0) is 0 Å². The molecule has 0 aliphatic heterocycles. The van der Waals surface area contributed by atoms with Gasteiger partial charge >= 0.3 is 5.97 Å². The van der Waals surface area contributed by atoms with E-state index in [0.29, 0.717) is 4.88 Å². The van der Waals surface area contributed by atoms with Crippen molar-refractivity contribution in [1.29, 1.82) is 0 Å². The van der Waals surface area contributed by atoms with E-state index in [1.807, 2.05) is 11.9 Å². The van der Waals surface area contributed by atoms with Crippen molar-refractivity contribution < 1.29 is 14.7 Å². The predicted molar refractivity (Wildman–Crippen MR) is 79.5 cm³/mol. The van der Waals surface area contributed by atoms with E-state index < -0.39 is 5.97 Å². The summed E-state index contributed by atoms with van der Waals surface area (Å²) in [6, 6.07) is 3.42. The molecule has 0 aromatic carbocycles. The molecule has 5 heteroatoms. The minimum absolute atomic E-state index is 0.0481. The SMILES string of the molecule is CN(C(=O)c1ccc(C(=O)O)s1)C1CCCCCCC1. The molecule has 0 atom stereocenters. The van der Waals surface area contributed by atoms with Crippen molar-refractivity contribution in [3.8, 4) is 0 Å². The van der Waals surface area contributed by atoms with Crippen LogP contribution in [0.5, 0.6) is 0 Å². The number of carbonyl (C=O) groups is 2. The van der Waals surface area contributed by atoms with Crippen molar-refractivity contribution in [2.75, 3.05) is 7.05 Å². The lowest BCUT2D eigenvalue weighted by molar-refractivity contribution is 0.0698. The molecule has 1 N–H and O–H groups in total. The Hall–Kier alpha value is -1.36. The van der Waals surface area contributed by atoms with E-state index in [4.69, 9.17) is 5.11 Å². The Kier molecular flexibility index (Phi) is 5.17. The largest absolute Gasteiger partial charge is 0.477 e. The van der Waals surface area contributed by atoms with Crippen LogP contribution in [0.3, 0.4) is 0 Å². The molecule has 4 nitrogen and oxygen atoms in total. The highest BCUT2D eigenvalue weighted by Crippen LogP contribution is 2.24. The summed E-state index contributed by atoms with van der Waals surface area (Å²) in [5, 5.41) is 8.92. The number of carboxylic acid groups (broad SMARTS) is 1. The molecule has 110 valence electrons. The fourth-order valence-electron chi connectivity index (χ4n) is 2.73. The van der Waals surface area contributed by atoms with E-state index in [-0.39, 0.29) is 16.8 Å². The van der Waals surface area contributed by atoms with E-state index in [0.717, 1.165) is 24.2 Å². The van der Waals surface area contributed by atoms with Crippen molar-refractivity contribution in [2.24, 2.45) is 0 Å². The average Bonchev–Trinajstić information content (AvgIpc) is 2.86. The summed E-state index contributed by atoms with van der Waals surface area (Å²) in [5.41, 5.74) is 0.